The number of ether oxygens (including phenoxy) is 1. The summed E-state index contributed by atoms with van der Waals surface area (Å²) < 4.78 is 5.80. The van der Waals surface area contributed by atoms with E-state index in [2.05, 4.69) is 10.3 Å². The number of carbonyl (C=O) groups is 3. The Morgan fingerprint density at radius 3 is 2.38 bits per heavy atom. The van der Waals surface area contributed by atoms with Crippen LogP contribution in [-0.4, -0.2) is 38.6 Å². The van der Waals surface area contributed by atoms with Crippen molar-refractivity contribution in [3.05, 3.63) is 65.9 Å². The Bertz CT molecular complexity index is 1040. The first kappa shape index (κ1) is 19.9. The van der Waals surface area contributed by atoms with Gasteiger partial charge in [0, 0.05) is 30.4 Å². The quantitative estimate of drug-likeness (QED) is 0.433. The van der Waals surface area contributed by atoms with E-state index in [1.807, 2.05) is 30.3 Å². The first-order chi connectivity index (χ1) is 13.8. The molecule has 0 aliphatic rings. The van der Waals surface area contributed by atoms with Crippen LogP contribution in [0, 0.1) is 0 Å². The van der Waals surface area contributed by atoms with Crippen molar-refractivity contribution in [1.29, 1.82) is 0 Å². The number of H-pyrrole nitrogens is 1. The Morgan fingerprint density at radius 1 is 1.07 bits per heavy atom. The van der Waals surface area contributed by atoms with Gasteiger partial charge in [0.1, 0.15) is 12.4 Å². The lowest BCUT2D eigenvalue weighted by Gasteiger charge is -2.25. The maximum atomic E-state index is 11.8. The van der Waals surface area contributed by atoms with Crippen LogP contribution in [0.25, 0.3) is 10.9 Å². The first-order valence-corrected chi connectivity index (χ1v) is 8.84. The van der Waals surface area contributed by atoms with Crippen molar-refractivity contribution in [3.63, 3.8) is 0 Å². The molecule has 1 amide bonds. The van der Waals surface area contributed by atoms with Crippen molar-refractivity contribution in [2.24, 2.45) is 0 Å². The molecule has 3 aromatic rings. The number of fused-ring (bicyclic) bond motifs is 1. The second-order valence-electron chi connectivity index (χ2n) is 6.67. The highest BCUT2D eigenvalue weighted by molar-refractivity contribution is 6.07. The molecule has 0 aliphatic heterocycles. The lowest BCUT2D eigenvalue weighted by molar-refractivity contribution is -0.161. The fourth-order valence-corrected chi connectivity index (χ4v) is 3.11. The fraction of sp³-hybridized carbons (Fsp3) is 0.190. The maximum absolute atomic E-state index is 11.8. The van der Waals surface area contributed by atoms with Crippen molar-refractivity contribution in [2.75, 3.05) is 0 Å². The van der Waals surface area contributed by atoms with Gasteiger partial charge in [0.2, 0.25) is 11.4 Å². The van der Waals surface area contributed by atoms with Crippen molar-refractivity contribution >= 4 is 28.7 Å². The summed E-state index contributed by atoms with van der Waals surface area (Å²) in [5.74, 6) is -3.49. The van der Waals surface area contributed by atoms with E-state index in [-0.39, 0.29) is 0 Å². The van der Waals surface area contributed by atoms with Crippen molar-refractivity contribution in [1.82, 2.24) is 10.3 Å². The maximum Gasteiger partial charge on any atom is 0.341 e. The molecule has 0 aliphatic carbocycles. The van der Waals surface area contributed by atoms with Gasteiger partial charge in [0.25, 0.3) is 0 Å². The molecule has 0 spiro atoms. The third kappa shape index (κ3) is 4.21. The number of carboxylic acids is 2. The molecular formula is C21H20N2O6. The van der Waals surface area contributed by atoms with Crippen LogP contribution in [0.15, 0.2) is 54.7 Å². The number of hydrogen-bond donors (Lipinski definition) is 4. The highest BCUT2D eigenvalue weighted by Gasteiger charge is 2.48. The van der Waals surface area contributed by atoms with Crippen molar-refractivity contribution in [2.45, 2.75) is 25.5 Å². The number of rotatable bonds is 8. The summed E-state index contributed by atoms with van der Waals surface area (Å²) in [6, 6.07) is 14.8. The number of aromatic nitrogens is 1. The smallest absolute Gasteiger partial charge is 0.341 e. The number of amides is 1. The molecule has 29 heavy (non-hydrogen) atoms. The molecule has 1 heterocycles. The third-order valence-electron chi connectivity index (χ3n) is 4.56. The molecule has 8 nitrogen and oxygen atoms in total. The normalized spacial score (nSPS) is 11.2. The number of aromatic amines is 1. The number of carbonyl (C=O) groups excluding carboxylic acids is 1. The van der Waals surface area contributed by atoms with Crippen LogP contribution in [0.1, 0.15) is 18.1 Å². The molecule has 0 unspecified atom stereocenters. The van der Waals surface area contributed by atoms with Gasteiger partial charge >= 0.3 is 11.9 Å². The van der Waals surface area contributed by atoms with Crippen molar-refractivity contribution in [3.8, 4) is 5.75 Å². The molecule has 4 N–H and O–H groups in total. The van der Waals surface area contributed by atoms with Gasteiger partial charge in [-0.2, -0.15) is 0 Å². The Morgan fingerprint density at radius 2 is 1.76 bits per heavy atom. The van der Waals surface area contributed by atoms with Crippen LogP contribution >= 0.6 is 0 Å². The summed E-state index contributed by atoms with van der Waals surface area (Å²) in [6.07, 6.45) is 1.10. The van der Waals surface area contributed by atoms with Gasteiger partial charge in [0.15, 0.2) is 0 Å². The van der Waals surface area contributed by atoms with Gasteiger partial charge in [-0.05, 0) is 29.3 Å². The Labute approximate surface area is 166 Å². The van der Waals surface area contributed by atoms with E-state index < -0.39 is 29.8 Å². The summed E-state index contributed by atoms with van der Waals surface area (Å²) >= 11 is 0. The summed E-state index contributed by atoms with van der Waals surface area (Å²) in [7, 11) is 0. The summed E-state index contributed by atoms with van der Waals surface area (Å²) in [5.41, 5.74) is -0.353. The minimum absolute atomic E-state index is 0.353. The van der Waals surface area contributed by atoms with E-state index in [0.717, 1.165) is 12.5 Å². The zero-order valence-corrected chi connectivity index (χ0v) is 15.6. The molecule has 0 saturated carbocycles. The molecule has 150 valence electrons. The molecule has 3 rings (SSSR count). The van der Waals surface area contributed by atoms with Crippen LogP contribution < -0.4 is 10.1 Å². The molecule has 2 aromatic carbocycles. The summed E-state index contributed by atoms with van der Waals surface area (Å²) in [6.45, 7) is 1.43. The van der Waals surface area contributed by atoms with E-state index in [1.54, 1.807) is 18.2 Å². The minimum atomic E-state index is -2.47. The van der Waals surface area contributed by atoms with E-state index in [4.69, 9.17) is 4.74 Å². The van der Waals surface area contributed by atoms with Crippen LogP contribution in [0.4, 0.5) is 0 Å². The monoisotopic (exact) mass is 396 g/mol. The zero-order chi connectivity index (χ0) is 21.0. The number of benzene rings is 2. The SMILES string of the molecule is CC(=O)NC(Cc1c[nH]c2ccc(OCc3ccccc3)cc12)(C(=O)O)C(=O)O. The molecule has 8 heteroatoms. The largest absolute Gasteiger partial charge is 0.489 e. The number of hydrogen-bond acceptors (Lipinski definition) is 4. The third-order valence-corrected chi connectivity index (χ3v) is 4.56. The average molecular weight is 396 g/mol. The van der Waals surface area contributed by atoms with E-state index in [9.17, 15) is 24.6 Å². The predicted octanol–water partition coefficient (Wildman–Crippen LogP) is 2.33. The first-order valence-electron chi connectivity index (χ1n) is 8.84. The molecular weight excluding hydrogens is 376 g/mol. The fourth-order valence-electron chi connectivity index (χ4n) is 3.11. The van der Waals surface area contributed by atoms with Gasteiger partial charge in [-0.25, -0.2) is 9.59 Å². The van der Waals surface area contributed by atoms with Gasteiger partial charge < -0.3 is 25.3 Å². The van der Waals surface area contributed by atoms with Crippen molar-refractivity contribution < 1.29 is 29.3 Å². The Kier molecular flexibility index (Phi) is 5.54. The highest BCUT2D eigenvalue weighted by atomic mass is 16.5. The minimum Gasteiger partial charge on any atom is -0.489 e. The second-order valence-corrected chi connectivity index (χ2v) is 6.67. The van der Waals surface area contributed by atoms with Gasteiger partial charge in [-0.1, -0.05) is 30.3 Å². The van der Waals surface area contributed by atoms with Crippen LogP contribution in [-0.2, 0) is 27.4 Å². The van der Waals surface area contributed by atoms with E-state index in [0.29, 0.717) is 28.8 Å². The zero-order valence-electron chi connectivity index (χ0n) is 15.6. The number of nitrogens with one attached hydrogen (secondary N) is 2. The molecule has 1 aromatic heterocycles. The average Bonchev–Trinajstić information content (AvgIpc) is 3.08. The second kappa shape index (κ2) is 8.05. The van der Waals surface area contributed by atoms with E-state index >= 15 is 0 Å². The molecule has 0 fully saturated rings. The van der Waals surface area contributed by atoms with Gasteiger partial charge in [-0.15, -0.1) is 0 Å². The van der Waals surface area contributed by atoms with Crippen LogP contribution in [0.5, 0.6) is 5.75 Å². The van der Waals surface area contributed by atoms with Crippen LogP contribution in [0.3, 0.4) is 0 Å². The lowest BCUT2D eigenvalue weighted by Crippen LogP contribution is -2.61. The Balaban J connectivity index is 1.91. The number of aliphatic carboxylic acids is 2. The predicted molar refractivity (Wildman–Crippen MR) is 105 cm³/mol. The molecule has 0 bridgehead atoms. The topological polar surface area (TPSA) is 129 Å². The summed E-state index contributed by atoms with van der Waals surface area (Å²) in [5, 5.41) is 21.8. The number of carboxylic acid groups (broad SMARTS) is 2. The van der Waals surface area contributed by atoms with Crippen LogP contribution in [0.2, 0.25) is 0 Å². The molecule has 0 radical (unpaired) electrons. The molecule has 0 saturated heterocycles. The highest BCUT2D eigenvalue weighted by Crippen LogP contribution is 2.27. The molecule has 0 atom stereocenters. The standard InChI is InChI=1S/C21H20N2O6/c1-13(24)23-21(19(25)26,20(27)28)10-15-11-22-18-8-7-16(9-17(15)18)29-12-14-5-3-2-4-6-14/h2-9,11,22H,10,12H2,1H3,(H,23,24)(H,25,26)(H,27,28). The lowest BCUT2D eigenvalue weighted by atomic mass is 9.90. The van der Waals surface area contributed by atoms with Gasteiger partial charge in [0.05, 0.1) is 0 Å². The van der Waals surface area contributed by atoms with Gasteiger partial charge in [-0.3, -0.25) is 4.79 Å². The summed E-state index contributed by atoms with van der Waals surface area (Å²) in [4.78, 5) is 38.0. The van der Waals surface area contributed by atoms with E-state index in [1.165, 1.54) is 6.20 Å². The Hall–Kier alpha value is -3.81.